The van der Waals surface area contributed by atoms with Gasteiger partial charge in [0.1, 0.15) is 22.1 Å². The Kier molecular flexibility index (Phi) is 6.81. The number of hydrogen-bond acceptors (Lipinski definition) is 6. The lowest BCUT2D eigenvalue weighted by Gasteiger charge is -2.25. The van der Waals surface area contributed by atoms with Gasteiger partial charge in [0.05, 0.1) is 39.3 Å². The predicted octanol–water partition coefficient (Wildman–Crippen LogP) is 3.49. The third kappa shape index (κ3) is 4.14. The number of halogens is 4. The van der Waals surface area contributed by atoms with Gasteiger partial charge in [-0.1, -0.05) is 35.3 Å². The summed E-state index contributed by atoms with van der Waals surface area (Å²) in [5, 5.41) is 9.95. The molecule has 0 aliphatic carbocycles. The largest absolute Gasteiger partial charge is 0.463 e. The van der Waals surface area contributed by atoms with Gasteiger partial charge < -0.3 is 10.5 Å². The second-order valence-electron chi connectivity index (χ2n) is 7.30. The summed E-state index contributed by atoms with van der Waals surface area (Å²) in [6.07, 6.45) is 1.23. The van der Waals surface area contributed by atoms with E-state index < -0.39 is 29.1 Å². The molecule has 1 atom stereocenters. The Morgan fingerprint density at radius 3 is 2.49 bits per heavy atom. The molecular weight excluding hydrogens is 519 g/mol. The second-order valence-corrected chi connectivity index (χ2v) is 9.15. The summed E-state index contributed by atoms with van der Waals surface area (Å²) in [5.74, 6) is -3.97. The van der Waals surface area contributed by atoms with E-state index in [1.54, 1.807) is 6.92 Å². The number of nitrogens with two attached hydrogens (primary N) is 1. The van der Waals surface area contributed by atoms with Crippen molar-refractivity contribution in [3.8, 4) is 6.07 Å². The van der Waals surface area contributed by atoms with Crippen LogP contribution in [0.3, 0.4) is 0 Å². The third-order valence-electron chi connectivity index (χ3n) is 5.33. The number of benzene rings is 2. The van der Waals surface area contributed by atoms with Crippen LogP contribution in [-0.4, -0.2) is 17.1 Å². The fourth-order valence-corrected chi connectivity index (χ4v) is 5.45. The van der Waals surface area contributed by atoms with Crippen LogP contribution in [0.1, 0.15) is 24.0 Å². The van der Waals surface area contributed by atoms with Gasteiger partial charge in [-0.2, -0.15) is 5.26 Å². The van der Waals surface area contributed by atoms with Crippen LogP contribution in [-0.2, 0) is 9.53 Å². The third-order valence-corrected chi connectivity index (χ3v) is 7.09. The molecule has 0 saturated heterocycles. The Bertz CT molecular complexity index is 1600. The minimum Gasteiger partial charge on any atom is -0.463 e. The van der Waals surface area contributed by atoms with Crippen molar-refractivity contribution in [2.24, 2.45) is 5.73 Å². The monoisotopic (exact) mass is 533 g/mol. The second kappa shape index (κ2) is 9.66. The number of allylic oxidation sites excluding steroid dienone is 1. The van der Waals surface area contributed by atoms with E-state index in [1.807, 2.05) is 6.07 Å². The van der Waals surface area contributed by atoms with Gasteiger partial charge in [0.25, 0.3) is 5.56 Å². The molecule has 3 aromatic rings. The number of rotatable bonds is 4. The first-order valence-corrected chi connectivity index (χ1v) is 11.7. The van der Waals surface area contributed by atoms with Crippen molar-refractivity contribution in [3.63, 3.8) is 0 Å². The standard InChI is InChI=1S/C24H15Cl2F2N3O3S/c1-2-34-24(33)20-18(19-14(26)6-4-8-16(19)28)12(10-29)21(30)31-22(32)17(35-23(20)31)9-11-13(25)5-3-7-15(11)27/h3-9,18H,2,30H2,1H3/b17-9-. The first-order valence-electron chi connectivity index (χ1n) is 10.1. The van der Waals surface area contributed by atoms with E-state index in [-0.39, 0.29) is 53.9 Å². The van der Waals surface area contributed by atoms with E-state index >= 15 is 0 Å². The molecule has 1 aliphatic rings. The van der Waals surface area contributed by atoms with E-state index in [0.29, 0.717) is 0 Å². The zero-order chi connectivity index (χ0) is 25.4. The first kappa shape index (κ1) is 24.7. The lowest BCUT2D eigenvalue weighted by Crippen LogP contribution is -2.40. The summed E-state index contributed by atoms with van der Waals surface area (Å²) in [6, 6.07) is 9.84. The zero-order valence-electron chi connectivity index (χ0n) is 17.9. The number of fused-ring (bicyclic) bond motifs is 1. The van der Waals surface area contributed by atoms with Crippen LogP contribution in [0.4, 0.5) is 8.78 Å². The summed E-state index contributed by atoms with van der Waals surface area (Å²) in [5.41, 5.74) is 4.85. The Labute approximate surface area is 211 Å². The SMILES string of the molecule is CCOC(=O)C1=c2s/c(=C\c3c(F)cccc3Cl)c(=O)n2C(N)=C(C#N)C1c1c(F)cccc1Cl. The summed E-state index contributed by atoms with van der Waals surface area (Å²) < 4.78 is 35.5. The maximum Gasteiger partial charge on any atom is 0.338 e. The van der Waals surface area contributed by atoms with Crippen molar-refractivity contribution in [2.45, 2.75) is 12.8 Å². The van der Waals surface area contributed by atoms with Crippen molar-refractivity contribution in [1.82, 2.24) is 4.57 Å². The van der Waals surface area contributed by atoms with Crippen molar-refractivity contribution in [2.75, 3.05) is 6.61 Å². The van der Waals surface area contributed by atoms with E-state index in [4.69, 9.17) is 33.7 Å². The number of esters is 1. The smallest absolute Gasteiger partial charge is 0.338 e. The fraction of sp³-hybridized carbons (Fsp3) is 0.125. The van der Waals surface area contributed by atoms with Gasteiger partial charge >= 0.3 is 5.97 Å². The Morgan fingerprint density at radius 2 is 1.89 bits per heavy atom. The molecule has 0 amide bonds. The quantitative estimate of drug-likeness (QED) is 0.517. The molecule has 0 radical (unpaired) electrons. The van der Waals surface area contributed by atoms with Gasteiger partial charge in [0.2, 0.25) is 0 Å². The molecule has 2 heterocycles. The summed E-state index contributed by atoms with van der Waals surface area (Å²) in [7, 11) is 0. The number of ether oxygens (including phenoxy) is 1. The normalized spacial score (nSPS) is 15.7. The molecule has 0 fully saturated rings. The predicted molar refractivity (Wildman–Crippen MR) is 130 cm³/mol. The minimum absolute atomic E-state index is 0.00739. The van der Waals surface area contributed by atoms with Crippen molar-refractivity contribution in [3.05, 3.63) is 94.3 Å². The maximum atomic E-state index is 15.0. The van der Waals surface area contributed by atoms with E-state index in [9.17, 15) is 23.6 Å². The Morgan fingerprint density at radius 1 is 1.23 bits per heavy atom. The van der Waals surface area contributed by atoms with Gasteiger partial charge in [0.15, 0.2) is 0 Å². The van der Waals surface area contributed by atoms with Crippen LogP contribution in [0, 0.1) is 23.0 Å². The molecule has 0 spiro atoms. The van der Waals surface area contributed by atoms with Crippen LogP contribution in [0.15, 0.2) is 46.8 Å². The van der Waals surface area contributed by atoms with E-state index in [2.05, 4.69) is 0 Å². The fourth-order valence-electron chi connectivity index (χ4n) is 3.81. The van der Waals surface area contributed by atoms with Gasteiger partial charge in [-0.15, -0.1) is 11.3 Å². The Hall–Kier alpha value is -3.45. The number of carbonyl (C=O) groups is 1. The minimum atomic E-state index is -1.34. The van der Waals surface area contributed by atoms with Crippen LogP contribution in [0.2, 0.25) is 10.0 Å². The number of nitriles is 1. The molecular formula is C24H15Cl2F2N3O3S. The Balaban J connectivity index is 2.17. The molecule has 178 valence electrons. The van der Waals surface area contributed by atoms with Crippen LogP contribution < -0.4 is 20.5 Å². The molecule has 4 rings (SSSR count). The molecule has 1 aromatic heterocycles. The van der Waals surface area contributed by atoms with E-state index in [0.717, 1.165) is 22.0 Å². The highest BCUT2D eigenvalue weighted by Gasteiger charge is 2.38. The first-order chi connectivity index (χ1) is 16.7. The average Bonchev–Trinajstić information content (AvgIpc) is 3.12. The number of carbonyl (C=O) groups excluding carboxylic acids is 1. The number of aromatic nitrogens is 1. The van der Waals surface area contributed by atoms with Crippen LogP contribution >= 0.6 is 34.5 Å². The highest BCUT2D eigenvalue weighted by atomic mass is 35.5. The zero-order valence-corrected chi connectivity index (χ0v) is 20.3. The summed E-state index contributed by atoms with van der Waals surface area (Å²) in [4.78, 5) is 26.4. The molecule has 2 aromatic carbocycles. The summed E-state index contributed by atoms with van der Waals surface area (Å²) >= 11 is 13.2. The number of hydrogen-bond donors (Lipinski definition) is 1. The lowest BCUT2D eigenvalue weighted by molar-refractivity contribution is -0.136. The summed E-state index contributed by atoms with van der Waals surface area (Å²) in [6.45, 7) is 1.54. The van der Waals surface area contributed by atoms with Gasteiger partial charge in [0, 0.05) is 16.1 Å². The molecule has 1 aliphatic heterocycles. The molecule has 11 heteroatoms. The highest BCUT2D eigenvalue weighted by Crippen LogP contribution is 2.41. The van der Waals surface area contributed by atoms with Crippen LogP contribution in [0.5, 0.6) is 0 Å². The molecule has 1 unspecified atom stereocenters. The molecule has 0 bridgehead atoms. The van der Waals surface area contributed by atoms with Gasteiger partial charge in [-0.05, 0) is 37.3 Å². The van der Waals surface area contributed by atoms with Gasteiger partial charge in [-0.25, -0.2) is 13.6 Å². The van der Waals surface area contributed by atoms with Crippen molar-refractivity contribution < 1.29 is 18.3 Å². The van der Waals surface area contributed by atoms with Crippen LogP contribution in [0.25, 0.3) is 17.5 Å². The molecule has 0 saturated carbocycles. The number of nitrogens with zero attached hydrogens (tertiary/aromatic N) is 2. The molecule has 6 nitrogen and oxygen atoms in total. The van der Waals surface area contributed by atoms with E-state index in [1.165, 1.54) is 36.4 Å². The topological polar surface area (TPSA) is 98.1 Å². The number of thiazole rings is 1. The van der Waals surface area contributed by atoms with Gasteiger partial charge in [-0.3, -0.25) is 9.36 Å². The van der Waals surface area contributed by atoms with Crippen molar-refractivity contribution >= 4 is 58.0 Å². The average molecular weight is 534 g/mol. The van der Waals surface area contributed by atoms with Crippen molar-refractivity contribution in [1.29, 1.82) is 5.26 Å². The molecule has 2 N–H and O–H groups in total. The molecule has 35 heavy (non-hydrogen) atoms. The maximum absolute atomic E-state index is 15.0. The highest BCUT2D eigenvalue weighted by molar-refractivity contribution is 7.07. The lowest BCUT2D eigenvalue weighted by atomic mass is 9.83.